The van der Waals surface area contributed by atoms with Gasteiger partial charge in [-0.25, -0.2) is 4.39 Å². The van der Waals surface area contributed by atoms with Gasteiger partial charge in [0, 0.05) is 0 Å². The van der Waals surface area contributed by atoms with E-state index in [4.69, 9.17) is 4.74 Å². The Labute approximate surface area is 142 Å². The van der Waals surface area contributed by atoms with E-state index in [-0.39, 0.29) is 18.3 Å². The SMILES string of the molecule is O=C(N[C@H](COc1ccccc1F)c1ccccc1)c1cnns1. The molecule has 0 aliphatic rings. The number of rotatable bonds is 6. The normalized spacial score (nSPS) is 11.7. The predicted molar refractivity (Wildman–Crippen MR) is 88.5 cm³/mol. The van der Waals surface area contributed by atoms with Crippen LogP contribution in [0.3, 0.4) is 0 Å². The van der Waals surface area contributed by atoms with E-state index in [1.165, 1.54) is 12.3 Å². The van der Waals surface area contributed by atoms with E-state index in [0.29, 0.717) is 4.88 Å². The molecule has 2 aromatic carbocycles. The largest absolute Gasteiger partial charge is 0.488 e. The minimum absolute atomic E-state index is 0.100. The molecule has 3 rings (SSSR count). The van der Waals surface area contributed by atoms with Crippen LogP contribution in [0.15, 0.2) is 60.8 Å². The van der Waals surface area contributed by atoms with Crippen LogP contribution in [0.4, 0.5) is 4.39 Å². The molecule has 1 aromatic heterocycles. The molecule has 1 heterocycles. The lowest BCUT2D eigenvalue weighted by Gasteiger charge is -2.19. The van der Waals surface area contributed by atoms with E-state index in [1.54, 1.807) is 18.2 Å². The number of carbonyl (C=O) groups is 1. The number of nitrogens with one attached hydrogen (secondary N) is 1. The van der Waals surface area contributed by atoms with E-state index in [9.17, 15) is 9.18 Å². The molecule has 5 nitrogen and oxygen atoms in total. The second-order valence-electron chi connectivity index (χ2n) is 4.96. The molecule has 0 radical (unpaired) electrons. The topological polar surface area (TPSA) is 64.1 Å². The molecular formula is C17H14FN3O2S. The number of para-hydroxylation sites is 1. The zero-order valence-corrected chi connectivity index (χ0v) is 13.4. The molecule has 24 heavy (non-hydrogen) atoms. The highest BCUT2D eigenvalue weighted by Gasteiger charge is 2.18. The number of amides is 1. The van der Waals surface area contributed by atoms with E-state index < -0.39 is 11.9 Å². The standard InChI is InChI=1S/C17H14FN3O2S/c18-13-8-4-5-9-15(13)23-11-14(12-6-2-1-3-7-12)20-17(22)16-10-19-21-24-16/h1-10,14H,11H2,(H,20,22)/t14-/m1/s1. The molecule has 0 bridgehead atoms. The van der Waals surface area contributed by atoms with Gasteiger partial charge in [-0.1, -0.05) is 47.0 Å². The summed E-state index contributed by atoms with van der Waals surface area (Å²) in [6.45, 7) is 0.100. The number of nitrogens with zero attached hydrogens (tertiary/aromatic N) is 2. The van der Waals surface area contributed by atoms with Gasteiger partial charge >= 0.3 is 0 Å². The molecule has 0 fully saturated rings. The monoisotopic (exact) mass is 343 g/mol. The number of ether oxygens (including phenoxy) is 1. The van der Waals surface area contributed by atoms with Crippen LogP contribution in [0, 0.1) is 5.82 Å². The first kappa shape index (κ1) is 16.1. The van der Waals surface area contributed by atoms with Crippen molar-refractivity contribution in [3.8, 4) is 5.75 Å². The lowest BCUT2D eigenvalue weighted by atomic mass is 10.1. The highest BCUT2D eigenvalue weighted by molar-refractivity contribution is 7.07. The Morgan fingerprint density at radius 1 is 1.17 bits per heavy atom. The van der Waals surface area contributed by atoms with Gasteiger partial charge in [-0.15, -0.1) is 5.10 Å². The summed E-state index contributed by atoms with van der Waals surface area (Å²) in [5, 5.41) is 6.52. The quantitative estimate of drug-likeness (QED) is 0.746. The Kier molecular flexibility index (Phi) is 5.12. The molecule has 1 amide bonds. The van der Waals surface area contributed by atoms with Crippen LogP contribution in [0.5, 0.6) is 5.75 Å². The molecule has 0 aliphatic heterocycles. The lowest BCUT2D eigenvalue weighted by Crippen LogP contribution is -2.32. The first-order valence-corrected chi connectivity index (χ1v) is 8.02. The third-order valence-electron chi connectivity index (χ3n) is 3.33. The molecule has 122 valence electrons. The average Bonchev–Trinajstić information content (AvgIpc) is 3.15. The summed E-state index contributed by atoms with van der Waals surface area (Å²) < 4.78 is 22.9. The molecule has 0 aliphatic carbocycles. The maximum atomic E-state index is 13.7. The van der Waals surface area contributed by atoms with Gasteiger partial charge in [-0.3, -0.25) is 4.79 Å². The van der Waals surface area contributed by atoms with Crippen LogP contribution < -0.4 is 10.1 Å². The number of benzene rings is 2. The van der Waals surface area contributed by atoms with Crippen molar-refractivity contribution in [2.75, 3.05) is 6.61 Å². The molecule has 3 aromatic rings. The third kappa shape index (κ3) is 3.94. The summed E-state index contributed by atoms with van der Waals surface area (Å²) >= 11 is 1.01. The maximum absolute atomic E-state index is 13.7. The van der Waals surface area contributed by atoms with Crippen LogP contribution in [0.25, 0.3) is 0 Å². The molecule has 0 saturated heterocycles. The average molecular weight is 343 g/mol. The van der Waals surface area contributed by atoms with E-state index in [0.717, 1.165) is 17.1 Å². The fourth-order valence-corrected chi connectivity index (χ4v) is 2.56. The minimum Gasteiger partial charge on any atom is -0.488 e. The summed E-state index contributed by atoms with van der Waals surface area (Å²) in [4.78, 5) is 12.7. The molecule has 7 heteroatoms. The third-order valence-corrected chi connectivity index (χ3v) is 4.00. The van der Waals surface area contributed by atoms with E-state index in [2.05, 4.69) is 14.9 Å². The van der Waals surface area contributed by atoms with Crippen molar-refractivity contribution in [2.24, 2.45) is 0 Å². The highest BCUT2D eigenvalue weighted by Crippen LogP contribution is 2.20. The second kappa shape index (κ2) is 7.65. The van der Waals surface area contributed by atoms with Crippen LogP contribution in [-0.4, -0.2) is 22.1 Å². The number of hydrogen-bond donors (Lipinski definition) is 1. The van der Waals surface area contributed by atoms with Crippen molar-refractivity contribution in [3.63, 3.8) is 0 Å². The molecule has 0 unspecified atom stereocenters. The summed E-state index contributed by atoms with van der Waals surface area (Å²) in [7, 11) is 0. The van der Waals surface area contributed by atoms with Gasteiger partial charge in [0.2, 0.25) is 0 Å². The number of hydrogen-bond acceptors (Lipinski definition) is 5. The summed E-state index contributed by atoms with van der Waals surface area (Å²) in [5.41, 5.74) is 0.861. The highest BCUT2D eigenvalue weighted by atomic mass is 32.1. The van der Waals surface area contributed by atoms with Gasteiger partial charge in [-0.05, 0) is 29.2 Å². The molecule has 1 N–H and O–H groups in total. The van der Waals surface area contributed by atoms with Crippen molar-refractivity contribution >= 4 is 17.4 Å². The zero-order chi connectivity index (χ0) is 16.8. The lowest BCUT2D eigenvalue weighted by molar-refractivity contribution is 0.0924. The van der Waals surface area contributed by atoms with Crippen molar-refractivity contribution in [1.82, 2.24) is 14.9 Å². The van der Waals surface area contributed by atoms with Gasteiger partial charge in [0.1, 0.15) is 11.5 Å². The Bertz CT molecular complexity index is 797. The number of halogens is 1. The Morgan fingerprint density at radius 2 is 1.92 bits per heavy atom. The predicted octanol–water partition coefficient (Wildman–Crippen LogP) is 3.23. The van der Waals surface area contributed by atoms with Gasteiger partial charge in [0.25, 0.3) is 5.91 Å². The van der Waals surface area contributed by atoms with Gasteiger partial charge in [0.05, 0.1) is 12.2 Å². The zero-order valence-electron chi connectivity index (χ0n) is 12.6. The number of aromatic nitrogens is 2. The fourth-order valence-electron chi connectivity index (χ4n) is 2.14. The molecule has 0 saturated carbocycles. The summed E-state index contributed by atoms with van der Waals surface area (Å²) in [5.74, 6) is -0.592. The van der Waals surface area contributed by atoms with Crippen LogP contribution in [-0.2, 0) is 0 Å². The van der Waals surface area contributed by atoms with Gasteiger partial charge < -0.3 is 10.1 Å². The first-order chi connectivity index (χ1) is 11.7. The first-order valence-electron chi connectivity index (χ1n) is 7.24. The van der Waals surface area contributed by atoms with Crippen molar-refractivity contribution in [1.29, 1.82) is 0 Å². The second-order valence-corrected chi connectivity index (χ2v) is 5.75. The summed E-state index contributed by atoms with van der Waals surface area (Å²) in [6.07, 6.45) is 1.40. The smallest absolute Gasteiger partial charge is 0.265 e. The van der Waals surface area contributed by atoms with Crippen LogP contribution in [0.2, 0.25) is 0 Å². The molecule has 0 spiro atoms. The minimum atomic E-state index is -0.442. The van der Waals surface area contributed by atoms with Gasteiger partial charge in [0.15, 0.2) is 11.6 Å². The number of carbonyl (C=O) groups excluding carboxylic acids is 1. The molecular weight excluding hydrogens is 329 g/mol. The van der Waals surface area contributed by atoms with Crippen LogP contribution in [0.1, 0.15) is 21.3 Å². The fraction of sp³-hybridized carbons (Fsp3) is 0.118. The molecule has 1 atom stereocenters. The summed E-state index contributed by atoms with van der Waals surface area (Å²) in [6, 6.07) is 15.1. The Morgan fingerprint density at radius 3 is 2.62 bits per heavy atom. The Balaban J connectivity index is 1.75. The van der Waals surface area contributed by atoms with Crippen molar-refractivity contribution in [3.05, 3.63) is 77.1 Å². The Hall–Kier alpha value is -2.80. The van der Waals surface area contributed by atoms with Crippen molar-refractivity contribution in [2.45, 2.75) is 6.04 Å². The maximum Gasteiger partial charge on any atom is 0.265 e. The van der Waals surface area contributed by atoms with E-state index in [1.807, 2.05) is 30.3 Å². The van der Waals surface area contributed by atoms with Crippen molar-refractivity contribution < 1.29 is 13.9 Å². The van der Waals surface area contributed by atoms with Gasteiger partial charge in [-0.2, -0.15) is 0 Å². The van der Waals surface area contributed by atoms with Crippen LogP contribution >= 0.6 is 11.5 Å². The van der Waals surface area contributed by atoms with E-state index >= 15 is 0 Å².